The van der Waals surface area contributed by atoms with Crippen molar-refractivity contribution >= 4 is 18.3 Å². The predicted octanol–water partition coefficient (Wildman–Crippen LogP) is 2.05. The molecule has 0 radical (unpaired) electrons. The minimum Gasteiger partial charge on any atom is -0.339 e. The van der Waals surface area contributed by atoms with E-state index in [0.717, 1.165) is 24.9 Å². The lowest BCUT2D eigenvalue weighted by Crippen LogP contribution is -2.56. The van der Waals surface area contributed by atoms with Crippen LogP contribution in [0.2, 0.25) is 0 Å². The Bertz CT molecular complexity index is 301. The summed E-state index contributed by atoms with van der Waals surface area (Å²) in [6.07, 6.45) is 5.30. The molecule has 4 unspecified atom stereocenters. The Morgan fingerprint density at radius 3 is 2.06 bits per heavy atom. The van der Waals surface area contributed by atoms with Gasteiger partial charge in [0.1, 0.15) is 0 Å². The number of nitrogens with one attached hydrogen (secondary N) is 1. The Balaban J connectivity index is 0.00000120. The lowest BCUT2D eigenvalue weighted by Gasteiger charge is -2.36. The zero-order valence-corrected chi connectivity index (χ0v) is 12.2. The van der Waals surface area contributed by atoms with Crippen LogP contribution in [0.5, 0.6) is 0 Å². The molecule has 3 rings (SSSR count). The maximum atomic E-state index is 12.5. The number of hydrogen-bond acceptors (Lipinski definition) is 2. The molecule has 1 amide bonds. The monoisotopic (exact) mass is 272 g/mol. The van der Waals surface area contributed by atoms with Crippen molar-refractivity contribution in [1.29, 1.82) is 0 Å². The molecule has 0 aromatic rings. The van der Waals surface area contributed by atoms with Crippen molar-refractivity contribution in [3.63, 3.8) is 0 Å². The molecule has 0 spiro atoms. The average Bonchev–Trinajstić information content (AvgIpc) is 3.00. The molecular formula is C14H25ClN2O. The Labute approximate surface area is 116 Å². The number of piperazine rings is 1. The molecule has 2 aliphatic carbocycles. The van der Waals surface area contributed by atoms with E-state index in [1.165, 1.54) is 25.7 Å². The van der Waals surface area contributed by atoms with E-state index in [4.69, 9.17) is 0 Å². The number of fused-ring (bicyclic) bond motifs is 1. The van der Waals surface area contributed by atoms with Crippen molar-refractivity contribution in [2.24, 2.45) is 17.8 Å². The van der Waals surface area contributed by atoms with Gasteiger partial charge in [-0.05, 0) is 38.5 Å². The molecule has 1 aliphatic heterocycles. The van der Waals surface area contributed by atoms with Crippen molar-refractivity contribution in [1.82, 2.24) is 10.2 Å². The van der Waals surface area contributed by atoms with Crippen LogP contribution in [0.3, 0.4) is 0 Å². The van der Waals surface area contributed by atoms with E-state index < -0.39 is 0 Å². The zero-order chi connectivity index (χ0) is 12.0. The lowest BCUT2D eigenvalue weighted by molar-refractivity contribution is -0.135. The number of rotatable bonds is 1. The third-order valence-electron chi connectivity index (χ3n) is 4.81. The van der Waals surface area contributed by atoms with Crippen LogP contribution in [-0.4, -0.2) is 36.0 Å². The Morgan fingerprint density at radius 2 is 1.56 bits per heavy atom. The summed E-state index contributed by atoms with van der Waals surface area (Å²) in [4.78, 5) is 14.6. The minimum absolute atomic E-state index is 0. The highest BCUT2D eigenvalue weighted by molar-refractivity contribution is 5.85. The van der Waals surface area contributed by atoms with Crippen molar-refractivity contribution in [2.75, 3.05) is 13.1 Å². The topological polar surface area (TPSA) is 32.3 Å². The van der Waals surface area contributed by atoms with Gasteiger partial charge in [-0.1, -0.05) is 12.8 Å². The predicted molar refractivity (Wildman–Crippen MR) is 74.8 cm³/mol. The Hall–Kier alpha value is -0.280. The van der Waals surface area contributed by atoms with Crippen LogP contribution in [0.25, 0.3) is 0 Å². The SMILES string of the molecule is CC1CN(C(=O)C2C3CCCCC32)CC(C)N1.Cl. The van der Waals surface area contributed by atoms with Crippen LogP contribution >= 0.6 is 12.4 Å². The highest BCUT2D eigenvalue weighted by atomic mass is 35.5. The normalized spacial score (nSPS) is 42.8. The molecule has 3 nitrogen and oxygen atoms in total. The first-order chi connectivity index (χ1) is 8.16. The summed E-state index contributed by atoms with van der Waals surface area (Å²) in [5.41, 5.74) is 0. The molecule has 2 saturated carbocycles. The van der Waals surface area contributed by atoms with Gasteiger partial charge in [-0.25, -0.2) is 0 Å². The van der Waals surface area contributed by atoms with E-state index >= 15 is 0 Å². The molecular weight excluding hydrogens is 248 g/mol. The fourth-order valence-corrected chi connectivity index (χ4v) is 4.08. The smallest absolute Gasteiger partial charge is 0.226 e. The van der Waals surface area contributed by atoms with Crippen LogP contribution in [-0.2, 0) is 4.79 Å². The fourth-order valence-electron chi connectivity index (χ4n) is 4.08. The molecule has 1 saturated heterocycles. The summed E-state index contributed by atoms with van der Waals surface area (Å²) in [6, 6.07) is 0.895. The molecule has 3 fully saturated rings. The summed E-state index contributed by atoms with van der Waals surface area (Å²) in [7, 11) is 0. The Kier molecular flexibility index (Phi) is 4.22. The van der Waals surface area contributed by atoms with Crippen LogP contribution in [0.4, 0.5) is 0 Å². The van der Waals surface area contributed by atoms with Crippen molar-refractivity contribution in [3.05, 3.63) is 0 Å². The van der Waals surface area contributed by atoms with Gasteiger partial charge in [-0.2, -0.15) is 0 Å². The highest BCUT2D eigenvalue weighted by Crippen LogP contribution is 2.56. The van der Waals surface area contributed by atoms with Crippen LogP contribution in [0, 0.1) is 17.8 Å². The first kappa shape index (κ1) is 14.1. The van der Waals surface area contributed by atoms with Gasteiger partial charge in [0.2, 0.25) is 5.91 Å². The number of carbonyl (C=O) groups excluding carboxylic acids is 1. The maximum Gasteiger partial charge on any atom is 0.226 e. The molecule has 104 valence electrons. The van der Waals surface area contributed by atoms with Gasteiger partial charge < -0.3 is 10.2 Å². The summed E-state index contributed by atoms with van der Waals surface area (Å²) in [6.45, 7) is 6.16. The second kappa shape index (κ2) is 5.38. The van der Waals surface area contributed by atoms with Crippen LogP contribution in [0.1, 0.15) is 39.5 Å². The molecule has 4 atom stereocenters. The molecule has 3 aliphatic rings. The van der Waals surface area contributed by atoms with E-state index in [2.05, 4.69) is 24.1 Å². The quantitative estimate of drug-likeness (QED) is 0.792. The second-order valence-corrected chi connectivity index (χ2v) is 6.35. The number of amides is 1. The van der Waals surface area contributed by atoms with E-state index in [1.807, 2.05) is 0 Å². The first-order valence-electron chi connectivity index (χ1n) is 7.21. The number of halogens is 1. The zero-order valence-electron chi connectivity index (χ0n) is 11.4. The van der Waals surface area contributed by atoms with Gasteiger partial charge in [0.05, 0.1) is 0 Å². The minimum atomic E-state index is 0. The van der Waals surface area contributed by atoms with Crippen LogP contribution < -0.4 is 5.32 Å². The fraction of sp³-hybridized carbons (Fsp3) is 0.929. The number of carbonyl (C=O) groups is 1. The van der Waals surface area contributed by atoms with E-state index in [9.17, 15) is 4.79 Å². The summed E-state index contributed by atoms with van der Waals surface area (Å²) in [5, 5.41) is 3.49. The molecule has 1 N–H and O–H groups in total. The molecule has 0 aromatic carbocycles. The largest absolute Gasteiger partial charge is 0.339 e. The molecule has 18 heavy (non-hydrogen) atoms. The van der Waals surface area contributed by atoms with Gasteiger partial charge in [-0.3, -0.25) is 4.79 Å². The van der Waals surface area contributed by atoms with Gasteiger partial charge in [0.25, 0.3) is 0 Å². The third-order valence-corrected chi connectivity index (χ3v) is 4.81. The summed E-state index contributed by atoms with van der Waals surface area (Å²) < 4.78 is 0. The molecule has 0 aromatic heterocycles. The third kappa shape index (κ3) is 2.53. The van der Waals surface area contributed by atoms with E-state index in [1.54, 1.807) is 0 Å². The van der Waals surface area contributed by atoms with Gasteiger partial charge >= 0.3 is 0 Å². The van der Waals surface area contributed by atoms with E-state index in [-0.39, 0.29) is 12.4 Å². The maximum absolute atomic E-state index is 12.5. The van der Waals surface area contributed by atoms with Gasteiger partial charge in [0.15, 0.2) is 0 Å². The van der Waals surface area contributed by atoms with E-state index in [0.29, 0.717) is 23.9 Å². The number of nitrogens with zero attached hydrogens (tertiary/aromatic N) is 1. The molecule has 0 bridgehead atoms. The molecule has 1 heterocycles. The molecule has 4 heteroatoms. The van der Waals surface area contributed by atoms with Crippen molar-refractivity contribution in [2.45, 2.75) is 51.6 Å². The van der Waals surface area contributed by atoms with Gasteiger partial charge in [0, 0.05) is 31.1 Å². The Morgan fingerprint density at radius 1 is 1.06 bits per heavy atom. The van der Waals surface area contributed by atoms with Crippen molar-refractivity contribution in [3.8, 4) is 0 Å². The second-order valence-electron chi connectivity index (χ2n) is 6.35. The van der Waals surface area contributed by atoms with Crippen molar-refractivity contribution < 1.29 is 4.79 Å². The summed E-state index contributed by atoms with van der Waals surface area (Å²) in [5.74, 6) is 2.35. The van der Waals surface area contributed by atoms with Crippen LogP contribution in [0.15, 0.2) is 0 Å². The standard InChI is InChI=1S/C14H24N2O.ClH/c1-9-7-16(8-10(2)15-9)14(17)13-11-5-3-4-6-12(11)13;/h9-13,15H,3-8H2,1-2H3;1H. The first-order valence-corrected chi connectivity index (χ1v) is 7.21. The summed E-state index contributed by atoms with van der Waals surface area (Å²) >= 11 is 0. The van der Waals surface area contributed by atoms with Gasteiger partial charge in [-0.15, -0.1) is 12.4 Å². The average molecular weight is 273 g/mol. The number of hydrogen-bond donors (Lipinski definition) is 1. The highest BCUT2D eigenvalue weighted by Gasteiger charge is 2.56. The lowest BCUT2D eigenvalue weighted by atomic mass is 10.0.